The van der Waals surface area contributed by atoms with E-state index in [0.717, 1.165) is 24.2 Å². The number of nitrogens with one attached hydrogen (secondary N) is 1. The molecular weight excluding hydrogens is 324 g/mol. The standard InChI is InChI=1S/C14H18N2O4S2/c1-2-22(19,20)14-16-7-11(21-14)13(18)15-4-3-8-5-9-6-10(9)12(8)17/h7-10H,2-6H2,1H3,(H,15,18). The van der Waals surface area contributed by atoms with Crippen LogP contribution in [-0.4, -0.2) is 37.4 Å². The first-order valence-electron chi connectivity index (χ1n) is 7.43. The quantitative estimate of drug-likeness (QED) is 0.840. The van der Waals surface area contributed by atoms with Gasteiger partial charge in [0.2, 0.25) is 14.2 Å². The van der Waals surface area contributed by atoms with E-state index in [-0.39, 0.29) is 26.8 Å². The van der Waals surface area contributed by atoms with Crippen molar-refractivity contribution in [1.29, 1.82) is 0 Å². The van der Waals surface area contributed by atoms with Crippen LogP contribution >= 0.6 is 11.3 Å². The molecule has 1 amide bonds. The fraction of sp³-hybridized carbons (Fsp3) is 0.643. The van der Waals surface area contributed by atoms with Crippen molar-refractivity contribution in [3.05, 3.63) is 11.1 Å². The predicted octanol–water partition coefficient (Wildman–Crippen LogP) is 1.28. The Balaban J connectivity index is 1.51. The third-order valence-electron chi connectivity index (χ3n) is 4.41. The minimum Gasteiger partial charge on any atom is -0.351 e. The molecule has 120 valence electrons. The van der Waals surface area contributed by atoms with Crippen LogP contribution in [0.2, 0.25) is 0 Å². The normalized spacial score (nSPS) is 26.8. The smallest absolute Gasteiger partial charge is 0.263 e. The SMILES string of the molecule is CCS(=O)(=O)c1ncc(C(=O)NCCC2CC3CC3C2=O)s1. The van der Waals surface area contributed by atoms with E-state index < -0.39 is 9.84 Å². The highest BCUT2D eigenvalue weighted by Crippen LogP contribution is 2.52. The maximum absolute atomic E-state index is 12.0. The fourth-order valence-electron chi connectivity index (χ4n) is 2.98. The molecule has 22 heavy (non-hydrogen) atoms. The van der Waals surface area contributed by atoms with Crippen LogP contribution in [0.15, 0.2) is 10.5 Å². The molecule has 0 saturated heterocycles. The Morgan fingerprint density at radius 3 is 2.86 bits per heavy atom. The lowest BCUT2D eigenvalue weighted by molar-refractivity contribution is -0.122. The highest BCUT2D eigenvalue weighted by molar-refractivity contribution is 7.93. The molecule has 0 aromatic carbocycles. The number of Topliss-reactive ketones (excluding diaryl/α,β-unsaturated/α-hetero) is 1. The van der Waals surface area contributed by atoms with Gasteiger partial charge in [0.25, 0.3) is 5.91 Å². The Hall–Kier alpha value is -1.28. The first-order chi connectivity index (χ1) is 10.4. The van der Waals surface area contributed by atoms with Crippen LogP contribution in [0, 0.1) is 17.8 Å². The van der Waals surface area contributed by atoms with Crippen LogP contribution in [0.1, 0.15) is 35.9 Å². The lowest BCUT2D eigenvalue weighted by Gasteiger charge is -2.10. The number of hydrogen-bond acceptors (Lipinski definition) is 6. The van der Waals surface area contributed by atoms with Crippen molar-refractivity contribution in [3.63, 3.8) is 0 Å². The molecule has 1 heterocycles. The number of aromatic nitrogens is 1. The summed E-state index contributed by atoms with van der Waals surface area (Å²) >= 11 is 0.885. The molecule has 0 radical (unpaired) electrons. The fourth-order valence-corrected chi connectivity index (χ4v) is 5.13. The molecule has 0 bridgehead atoms. The minimum atomic E-state index is -3.37. The topological polar surface area (TPSA) is 93.2 Å². The number of hydrogen-bond donors (Lipinski definition) is 1. The Morgan fingerprint density at radius 1 is 1.45 bits per heavy atom. The summed E-state index contributed by atoms with van der Waals surface area (Å²) in [4.78, 5) is 27.9. The predicted molar refractivity (Wildman–Crippen MR) is 81.5 cm³/mol. The molecule has 2 fully saturated rings. The summed E-state index contributed by atoms with van der Waals surface area (Å²) < 4.78 is 23.3. The summed E-state index contributed by atoms with van der Waals surface area (Å²) in [5.41, 5.74) is 0. The first-order valence-corrected chi connectivity index (χ1v) is 9.89. The summed E-state index contributed by atoms with van der Waals surface area (Å²) in [6.07, 6.45) is 3.96. The van der Waals surface area contributed by atoms with Gasteiger partial charge in [0.1, 0.15) is 10.7 Å². The summed E-state index contributed by atoms with van der Waals surface area (Å²) in [5, 5.41) is 2.74. The van der Waals surface area contributed by atoms with E-state index in [4.69, 9.17) is 0 Å². The van der Waals surface area contributed by atoms with Crippen LogP contribution in [0.25, 0.3) is 0 Å². The summed E-state index contributed by atoms with van der Waals surface area (Å²) in [7, 11) is -3.37. The van der Waals surface area contributed by atoms with Gasteiger partial charge in [-0.1, -0.05) is 18.3 Å². The van der Waals surface area contributed by atoms with E-state index in [9.17, 15) is 18.0 Å². The average Bonchev–Trinajstić information content (AvgIpc) is 2.95. The van der Waals surface area contributed by atoms with Crippen molar-refractivity contribution < 1.29 is 18.0 Å². The van der Waals surface area contributed by atoms with Gasteiger partial charge in [-0.2, -0.15) is 0 Å². The van der Waals surface area contributed by atoms with E-state index in [1.165, 1.54) is 6.20 Å². The molecule has 3 rings (SSSR count). The zero-order valence-electron chi connectivity index (χ0n) is 12.2. The molecule has 6 nitrogen and oxygen atoms in total. The first kappa shape index (κ1) is 15.6. The Labute approximate surface area is 133 Å². The van der Waals surface area contributed by atoms with Crippen molar-refractivity contribution >= 4 is 32.9 Å². The van der Waals surface area contributed by atoms with Crippen LogP contribution < -0.4 is 5.32 Å². The highest BCUT2D eigenvalue weighted by atomic mass is 32.2. The van der Waals surface area contributed by atoms with Crippen molar-refractivity contribution in [2.75, 3.05) is 12.3 Å². The molecule has 2 saturated carbocycles. The number of carbonyl (C=O) groups is 2. The summed E-state index contributed by atoms with van der Waals surface area (Å²) in [6.45, 7) is 1.97. The van der Waals surface area contributed by atoms with Crippen molar-refractivity contribution in [3.8, 4) is 0 Å². The second-order valence-corrected chi connectivity index (χ2v) is 9.36. The number of fused-ring (bicyclic) bond motifs is 1. The van der Waals surface area contributed by atoms with E-state index in [2.05, 4.69) is 10.3 Å². The van der Waals surface area contributed by atoms with Crippen molar-refractivity contribution in [2.45, 2.75) is 30.5 Å². The second kappa shape index (κ2) is 5.73. The maximum atomic E-state index is 12.0. The third-order valence-corrected chi connectivity index (χ3v) is 7.61. The number of rotatable bonds is 6. The van der Waals surface area contributed by atoms with Gasteiger partial charge in [-0.05, 0) is 25.2 Å². The van der Waals surface area contributed by atoms with Gasteiger partial charge >= 0.3 is 0 Å². The monoisotopic (exact) mass is 342 g/mol. The van der Waals surface area contributed by atoms with E-state index in [0.29, 0.717) is 30.6 Å². The molecule has 3 atom stereocenters. The highest BCUT2D eigenvalue weighted by Gasteiger charge is 2.52. The summed E-state index contributed by atoms with van der Waals surface area (Å²) in [5.74, 6) is 0.967. The van der Waals surface area contributed by atoms with Crippen molar-refractivity contribution in [2.24, 2.45) is 17.8 Å². The molecular formula is C14H18N2O4S2. The number of thiazole rings is 1. The molecule has 1 aromatic rings. The van der Waals surface area contributed by atoms with Crippen LogP contribution in [-0.2, 0) is 14.6 Å². The van der Waals surface area contributed by atoms with Gasteiger partial charge in [-0.3, -0.25) is 9.59 Å². The molecule has 2 aliphatic carbocycles. The zero-order chi connectivity index (χ0) is 15.9. The number of nitrogens with zero attached hydrogens (tertiary/aromatic N) is 1. The van der Waals surface area contributed by atoms with Gasteiger partial charge in [-0.15, -0.1) is 0 Å². The number of amides is 1. The molecule has 0 spiro atoms. The minimum absolute atomic E-state index is 0.0220. The molecule has 3 unspecified atom stereocenters. The average molecular weight is 342 g/mol. The van der Waals surface area contributed by atoms with Gasteiger partial charge in [-0.25, -0.2) is 13.4 Å². The van der Waals surface area contributed by atoms with Gasteiger partial charge in [0.15, 0.2) is 0 Å². The lowest BCUT2D eigenvalue weighted by atomic mass is 9.98. The van der Waals surface area contributed by atoms with E-state index in [1.807, 2.05) is 0 Å². The number of sulfone groups is 1. The van der Waals surface area contributed by atoms with Crippen LogP contribution in [0.4, 0.5) is 0 Å². The Bertz CT molecular complexity index is 710. The Morgan fingerprint density at radius 2 is 2.23 bits per heavy atom. The molecule has 0 aliphatic heterocycles. The Kier molecular flexibility index (Phi) is 4.07. The lowest BCUT2D eigenvalue weighted by Crippen LogP contribution is -2.26. The van der Waals surface area contributed by atoms with Crippen molar-refractivity contribution in [1.82, 2.24) is 10.3 Å². The van der Waals surface area contributed by atoms with Gasteiger partial charge in [0, 0.05) is 18.4 Å². The number of ketones is 1. The zero-order valence-corrected chi connectivity index (χ0v) is 13.9. The molecule has 1 N–H and O–H groups in total. The van der Waals surface area contributed by atoms with Gasteiger partial charge < -0.3 is 5.32 Å². The summed E-state index contributed by atoms with van der Waals surface area (Å²) in [6, 6.07) is 0. The van der Waals surface area contributed by atoms with Gasteiger partial charge in [0.05, 0.1) is 11.9 Å². The molecule has 8 heteroatoms. The van der Waals surface area contributed by atoms with E-state index >= 15 is 0 Å². The second-order valence-electron chi connectivity index (χ2n) is 5.88. The molecule has 2 aliphatic rings. The van der Waals surface area contributed by atoms with Crippen LogP contribution in [0.5, 0.6) is 0 Å². The third kappa shape index (κ3) is 2.94. The maximum Gasteiger partial charge on any atom is 0.263 e. The number of carbonyl (C=O) groups excluding carboxylic acids is 2. The van der Waals surface area contributed by atoms with Crippen LogP contribution in [0.3, 0.4) is 0 Å². The molecule has 1 aromatic heterocycles. The van der Waals surface area contributed by atoms with E-state index in [1.54, 1.807) is 6.92 Å². The largest absolute Gasteiger partial charge is 0.351 e.